The molecular weight excluding hydrogens is 479 g/mol. The van der Waals surface area contributed by atoms with Crippen molar-refractivity contribution in [3.8, 4) is 11.1 Å². The Hall–Kier alpha value is -4.59. The van der Waals surface area contributed by atoms with Crippen LogP contribution in [-0.2, 0) is 19.4 Å². The summed E-state index contributed by atoms with van der Waals surface area (Å²) in [6, 6.07) is 18.8. The molecule has 4 aromatic carbocycles. The predicted octanol–water partition coefficient (Wildman–Crippen LogP) is 5.29. The van der Waals surface area contributed by atoms with Crippen LogP contribution in [-0.4, -0.2) is 17.0 Å². The molecule has 0 atom stereocenters. The Morgan fingerprint density at radius 3 is 2.24 bits per heavy atom. The smallest absolute Gasteiger partial charge is 0.251 e. The topological polar surface area (TPSA) is 87.7 Å². The molecule has 8 heteroatoms. The van der Waals surface area contributed by atoms with Gasteiger partial charge in [0, 0.05) is 34.9 Å². The number of amides is 1. The molecule has 186 valence electrons. The van der Waals surface area contributed by atoms with Crippen LogP contribution in [0.4, 0.5) is 13.2 Å². The average molecular weight is 502 g/mol. The van der Waals surface area contributed by atoms with Crippen LogP contribution < -0.4 is 11.1 Å². The fraction of sp³-hybridized carbons (Fsp3) is 0.103. The number of nitrogens with one attached hydrogen (secondary N) is 1. The number of nitrogens with zero attached hydrogens (tertiary/aromatic N) is 1. The van der Waals surface area contributed by atoms with Gasteiger partial charge in [-0.1, -0.05) is 41.6 Å². The van der Waals surface area contributed by atoms with Gasteiger partial charge >= 0.3 is 0 Å². The number of nitrogens with two attached hydrogens (primary N) is 1. The molecule has 4 N–H and O–H groups in total. The molecule has 4 aromatic rings. The van der Waals surface area contributed by atoms with Gasteiger partial charge in [-0.25, -0.2) is 13.2 Å². The molecule has 0 aromatic heterocycles. The first-order valence-corrected chi connectivity index (χ1v) is 11.6. The molecule has 5 rings (SSSR count). The second-order valence-electron chi connectivity index (χ2n) is 8.92. The van der Waals surface area contributed by atoms with Crippen LogP contribution >= 0.6 is 0 Å². The van der Waals surface area contributed by atoms with Crippen LogP contribution in [0.15, 0.2) is 78.0 Å². The molecule has 0 aliphatic heterocycles. The molecule has 1 aliphatic rings. The SMILES string of the molecule is N/C(=N\O)c1ccc(CNC(=O)c2ccc3c(c2)Cc2cc(-c4ccc(F)cc4F)ccc2C3)c(F)c1. The van der Waals surface area contributed by atoms with Gasteiger partial charge in [0.15, 0.2) is 5.84 Å². The average Bonchev–Trinajstić information content (AvgIpc) is 2.90. The van der Waals surface area contributed by atoms with Crippen LogP contribution in [0.1, 0.15) is 43.7 Å². The van der Waals surface area contributed by atoms with E-state index in [2.05, 4.69) is 10.5 Å². The molecule has 1 aliphatic carbocycles. The van der Waals surface area contributed by atoms with Crippen LogP contribution in [0.2, 0.25) is 0 Å². The summed E-state index contributed by atoms with van der Waals surface area (Å²) >= 11 is 0. The van der Waals surface area contributed by atoms with Crippen molar-refractivity contribution < 1.29 is 23.2 Å². The molecular formula is C29H22F3N3O2. The van der Waals surface area contributed by atoms with E-state index >= 15 is 0 Å². The van der Waals surface area contributed by atoms with Crippen molar-refractivity contribution in [3.63, 3.8) is 0 Å². The Balaban J connectivity index is 1.32. The number of benzene rings is 4. The first-order chi connectivity index (χ1) is 17.8. The minimum Gasteiger partial charge on any atom is -0.409 e. The minimum absolute atomic E-state index is 0.0341. The zero-order valence-corrected chi connectivity index (χ0v) is 19.6. The Morgan fingerprint density at radius 2 is 1.51 bits per heavy atom. The molecule has 0 spiro atoms. The second kappa shape index (κ2) is 9.81. The summed E-state index contributed by atoms with van der Waals surface area (Å²) in [4.78, 5) is 12.8. The molecule has 1 amide bonds. The fourth-order valence-electron chi connectivity index (χ4n) is 4.55. The van der Waals surface area contributed by atoms with E-state index in [-0.39, 0.29) is 29.4 Å². The number of amidine groups is 1. The first-order valence-electron chi connectivity index (χ1n) is 11.6. The molecule has 0 radical (unpaired) electrons. The highest BCUT2D eigenvalue weighted by atomic mass is 19.1. The van der Waals surface area contributed by atoms with Crippen molar-refractivity contribution in [2.75, 3.05) is 0 Å². The highest BCUT2D eigenvalue weighted by Gasteiger charge is 2.19. The number of oxime groups is 1. The number of carbonyl (C=O) groups excluding carboxylic acids is 1. The number of hydrogen-bond acceptors (Lipinski definition) is 3. The predicted molar refractivity (Wildman–Crippen MR) is 134 cm³/mol. The van der Waals surface area contributed by atoms with E-state index in [0.29, 0.717) is 29.5 Å². The quantitative estimate of drug-likeness (QED) is 0.132. The number of fused-ring (bicyclic) bond motifs is 2. The molecule has 0 unspecified atom stereocenters. The van der Waals surface area contributed by atoms with E-state index in [0.717, 1.165) is 34.4 Å². The largest absolute Gasteiger partial charge is 0.409 e. The Bertz CT molecular complexity index is 1570. The van der Waals surface area contributed by atoms with Gasteiger partial charge in [0.25, 0.3) is 5.91 Å². The Labute approximate surface area is 211 Å². The lowest BCUT2D eigenvalue weighted by molar-refractivity contribution is 0.0950. The summed E-state index contributed by atoms with van der Waals surface area (Å²) in [5.41, 5.74) is 11.6. The maximum Gasteiger partial charge on any atom is 0.251 e. The zero-order chi connectivity index (χ0) is 26.1. The molecule has 0 saturated heterocycles. The highest BCUT2D eigenvalue weighted by Crippen LogP contribution is 2.32. The summed E-state index contributed by atoms with van der Waals surface area (Å²) in [7, 11) is 0. The van der Waals surface area contributed by atoms with Gasteiger partial charge in [0.05, 0.1) is 0 Å². The third-order valence-corrected chi connectivity index (χ3v) is 6.57. The summed E-state index contributed by atoms with van der Waals surface area (Å²) < 4.78 is 42.0. The van der Waals surface area contributed by atoms with E-state index in [1.807, 2.05) is 30.3 Å². The number of rotatable bonds is 5. The summed E-state index contributed by atoms with van der Waals surface area (Å²) in [5.74, 6) is -2.39. The molecule has 37 heavy (non-hydrogen) atoms. The van der Waals surface area contributed by atoms with Crippen LogP contribution in [0, 0.1) is 17.5 Å². The van der Waals surface area contributed by atoms with E-state index in [1.165, 1.54) is 24.3 Å². The first kappa shape index (κ1) is 24.1. The molecule has 0 bridgehead atoms. The van der Waals surface area contributed by atoms with E-state index in [4.69, 9.17) is 10.9 Å². The third kappa shape index (κ3) is 4.91. The van der Waals surface area contributed by atoms with Crippen LogP contribution in [0.25, 0.3) is 11.1 Å². The van der Waals surface area contributed by atoms with Crippen molar-refractivity contribution in [1.29, 1.82) is 0 Å². The van der Waals surface area contributed by atoms with Gasteiger partial charge in [-0.3, -0.25) is 4.79 Å². The Morgan fingerprint density at radius 1 is 0.811 bits per heavy atom. The number of hydrogen-bond donors (Lipinski definition) is 3. The van der Waals surface area contributed by atoms with Crippen LogP contribution in [0.3, 0.4) is 0 Å². The van der Waals surface area contributed by atoms with Crippen molar-refractivity contribution >= 4 is 11.7 Å². The van der Waals surface area contributed by atoms with Crippen molar-refractivity contribution in [1.82, 2.24) is 5.32 Å². The lowest BCUT2D eigenvalue weighted by Gasteiger charge is -2.21. The van der Waals surface area contributed by atoms with Gasteiger partial charge in [0.1, 0.15) is 17.5 Å². The summed E-state index contributed by atoms with van der Waals surface area (Å²) in [6.45, 7) is -0.0341. The van der Waals surface area contributed by atoms with Gasteiger partial charge in [0.2, 0.25) is 0 Å². The normalized spacial score (nSPS) is 12.6. The van der Waals surface area contributed by atoms with Crippen molar-refractivity contribution in [3.05, 3.63) is 129 Å². The Kier molecular flexibility index (Phi) is 6.40. The lowest BCUT2D eigenvalue weighted by atomic mass is 9.83. The molecule has 0 fully saturated rings. The lowest BCUT2D eigenvalue weighted by Crippen LogP contribution is -2.24. The summed E-state index contributed by atoms with van der Waals surface area (Å²) in [6.07, 6.45) is 1.24. The maximum atomic E-state index is 14.4. The van der Waals surface area contributed by atoms with Crippen molar-refractivity contribution in [2.45, 2.75) is 19.4 Å². The van der Waals surface area contributed by atoms with E-state index < -0.39 is 17.5 Å². The van der Waals surface area contributed by atoms with E-state index in [1.54, 1.807) is 6.07 Å². The third-order valence-electron chi connectivity index (χ3n) is 6.57. The van der Waals surface area contributed by atoms with E-state index in [9.17, 15) is 18.0 Å². The fourth-order valence-corrected chi connectivity index (χ4v) is 4.55. The van der Waals surface area contributed by atoms with Gasteiger partial charge in [-0.2, -0.15) is 0 Å². The molecule has 5 nitrogen and oxygen atoms in total. The monoisotopic (exact) mass is 501 g/mol. The zero-order valence-electron chi connectivity index (χ0n) is 19.6. The summed E-state index contributed by atoms with van der Waals surface area (Å²) in [5, 5.41) is 14.3. The van der Waals surface area contributed by atoms with Gasteiger partial charge in [-0.15, -0.1) is 0 Å². The maximum absolute atomic E-state index is 14.4. The second-order valence-corrected chi connectivity index (χ2v) is 8.92. The standard InChI is InChI=1S/C29H22F3N3O2/c30-24-7-8-25(27(32)14-24)18-3-1-16-9-17-2-5-20(11-23(17)12-22(16)10-18)29(36)34-15-21-6-4-19(13-26(21)31)28(33)35-37/h1-8,10-11,13-14,37H,9,12,15H2,(H2,33,35)(H,34,36). The number of halogens is 3. The molecule has 0 heterocycles. The van der Waals surface area contributed by atoms with Crippen LogP contribution in [0.5, 0.6) is 0 Å². The van der Waals surface area contributed by atoms with Crippen molar-refractivity contribution in [2.24, 2.45) is 10.9 Å². The number of carbonyl (C=O) groups is 1. The van der Waals surface area contributed by atoms with Gasteiger partial charge in [-0.05, 0) is 71.0 Å². The minimum atomic E-state index is -0.625. The molecule has 0 saturated carbocycles. The van der Waals surface area contributed by atoms with Gasteiger partial charge < -0.3 is 16.3 Å². The highest BCUT2D eigenvalue weighted by molar-refractivity contribution is 5.97.